The molecule has 2 N–H and O–H groups in total. The molecule has 21 heavy (non-hydrogen) atoms. The normalized spacial score (nSPS) is 12.7. The van der Waals surface area contributed by atoms with Gasteiger partial charge in [0.25, 0.3) is 0 Å². The molecule has 1 atom stereocenters. The standard InChI is InChI=1S/C14H15F2NO4/c1-3-8(2)21-14(20)10(13(18)19)7-17-12-5-4-9(15)6-11(12)16/h4-8,17H,3H2,1-2H3,(H,18,19). The summed E-state index contributed by atoms with van der Waals surface area (Å²) in [5, 5.41) is 11.3. The summed E-state index contributed by atoms with van der Waals surface area (Å²) in [6.07, 6.45) is 0.893. The summed E-state index contributed by atoms with van der Waals surface area (Å²) >= 11 is 0. The van der Waals surface area contributed by atoms with Crippen molar-refractivity contribution in [2.24, 2.45) is 0 Å². The topological polar surface area (TPSA) is 75.6 Å². The number of benzene rings is 1. The molecule has 0 saturated heterocycles. The minimum atomic E-state index is -1.52. The molecule has 1 aromatic rings. The van der Waals surface area contributed by atoms with Crippen LogP contribution in [-0.2, 0) is 14.3 Å². The lowest BCUT2D eigenvalue weighted by atomic mass is 10.2. The molecule has 0 radical (unpaired) electrons. The molecule has 0 saturated carbocycles. The van der Waals surface area contributed by atoms with E-state index < -0.39 is 35.3 Å². The van der Waals surface area contributed by atoms with Gasteiger partial charge in [-0.05, 0) is 25.5 Å². The zero-order chi connectivity index (χ0) is 16.0. The van der Waals surface area contributed by atoms with Crippen molar-refractivity contribution in [1.82, 2.24) is 0 Å². The van der Waals surface area contributed by atoms with Gasteiger partial charge in [-0.25, -0.2) is 18.4 Å². The van der Waals surface area contributed by atoms with Crippen LogP contribution >= 0.6 is 0 Å². The Morgan fingerprint density at radius 1 is 1.43 bits per heavy atom. The first kappa shape index (κ1) is 16.6. The van der Waals surface area contributed by atoms with Gasteiger partial charge in [0, 0.05) is 12.3 Å². The van der Waals surface area contributed by atoms with E-state index in [2.05, 4.69) is 5.32 Å². The van der Waals surface area contributed by atoms with Crippen LogP contribution in [0.1, 0.15) is 20.3 Å². The summed E-state index contributed by atoms with van der Waals surface area (Å²) in [7, 11) is 0. The van der Waals surface area contributed by atoms with Crippen molar-refractivity contribution in [3.8, 4) is 0 Å². The fourth-order valence-electron chi connectivity index (χ4n) is 1.29. The van der Waals surface area contributed by atoms with Crippen molar-refractivity contribution in [1.29, 1.82) is 0 Å². The number of nitrogens with one attached hydrogen (secondary N) is 1. The maximum atomic E-state index is 13.4. The zero-order valence-electron chi connectivity index (χ0n) is 11.5. The van der Waals surface area contributed by atoms with Crippen LogP contribution in [0.25, 0.3) is 0 Å². The largest absolute Gasteiger partial charge is 0.477 e. The molecular weight excluding hydrogens is 284 g/mol. The van der Waals surface area contributed by atoms with Gasteiger partial charge in [-0.1, -0.05) is 6.92 Å². The highest BCUT2D eigenvalue weighted by atomic mass is 19.1. The maximum absolute atomic E-state index is 13.4. The fraction of sp³-hybridized carbons (Fsp3) is 0.286. The van der Waals surface area contributed by atoms with Gasteiger partial charge in [-0.2, -0.15) is 0 Å². The number of rotatable bonds is 6. The Morgan fingerprint density at radius 3 is 2.62 bits per heavy atom. The highest BCUT2D eigenvalue weighted by Crippen LogP contribution is 2.15. The Bertz CT molecular complexity index is 572. The maximum Gasteiger partial charge on any atom is 0.347 e. The van der Waals surface area contributed by atoms with Crippen LogP contribution < -0.4 is 5.32 Å². The molecule has 1 aromatic carbocycles. The van der Waals surface area contributed by atoms with Crippen molar-refractivity contribution in [2.75, 3.05) is 5.32 Å². The summed E-state index contributed by atoms with van der Waals surface area (Å²) in [5.74, 6) is -4.23. The van der Waals surface area contributed by atoms with E-state index in [1.807, 2.05) is 0 Å². The van der Waals surface area contributed by atoms with E-state index in [-0.39, 0.29) is 5.69 Å². The van der Waals surface area contributed by atoms with Crippen LogP contribution in [0.4, 0.5) is 14.5 Å². The highest BCUT2D eigenvalue weighted by Gasteiger charge is 2.21. The molecule has 1 rings (SSSR count). The van der Waals surface area contributed by atoms with Crippen LogP contribution in [0.2, 0.25) is 0 Å². The zero-order valence-corrected chi connectivity index (χ0v) is 11.5. The number of hydrogen-bond acceptors (Lipinski definition) is 4. The molecule has 0 aliphatic heterocycles. The first-order valence-electron chi connectivity index (χ1n) is 6.21. The SMILES string of the molecule is CCC(C)OC(=O)C(=CNc1ccc(F)cc1F)C(=O)O. The molecule has 0 aromatic heterocycles. The van der Waals surface area contributed by atoms with E-state index in [0.29, 0.717) is 12.5 Å². The molecule has 0 spiro atoms. The lowest BCUT2D eigenvalue weighted by molar-refractivity contribution is -0.147. The summed E-state index contributed by atoms with van der Waals surface area (Å²) in [6.45, 7) is 3.39. The number of halogens is 2. The number of carbonyl (C=O) groups is 2. The third-order valence-electron chi connectivity index (χ3n) is 2.64. The van der Waals surface area contributed by atoms with Crippen molar-refractivity contribution in [3.05, 3.63) is 41.6 Å². The number of esters is 1. The van der Waals surface area contributed by atoms with Crippen LogP contribution in [0.3, 0.4) is 0 Å². The van der Waals surface area contributed by atoms with Gasteiger partial charge in [0.2, 0.25) is 0 Å². The predicted molar refractivity (Wildman–Crippen MR) is 71.5 cm³/mol. The molecule has 0 amide bonds. The number of aliphatic carboxylic acids is 1. The second-order valence-corrected chi connectivity index (χ2v) is 4.26. The fourth-order valence-corrected chi connectivity index (χ4v) is 1.29. The Kier molecular flexibility index (Phi) is 5.83. The first-order valence-corrected chi connectivity index (χ1v) is 6.21. The molecule has 0 fully saturated rings. The molecule has 114 valence electrons. The van der Waals surface area contributed by atoms with Crippen LogP contribution in [0, 0.1) is 11.6 Å². The molecule has 0 aliphatic rings. The molecule has 7 heteroatoms. The smallest absolute Gasteiger partial charge is 0.347 e. The van der Waals surface area contributed by atoms with Crippen molar-refractivity contribution in [2.45, 2.75) is 26.4 Å². The monoisotopic (exact) mass is 299 g/mol. The molecule has 0 heterocycles. The van der Waals surface area contributed by atoms with Crippen LogP contribution in [0.15, 0.2) is 30.0 Å². The van der Waals surface area contributed by atoms with Gasteiger partial charge in [0.05, 0.1) is 11.8 Å². The van der Waals surface area contributed by atoms with E-state index >= 15 is 0 Å². The number of carboxylic acids is 1. The minimum absolute atomic E-state index is 0.161. The second-order valence-electron chi connectivity index (χ2n) is 4.26. The highest BCUT2D eigenvalue weighted by molar-refractivity contribution is 6.13. The van der Waals surface area contributed by atoms with E-state index in [4.69, 9.17) is 9.84 Å². The summed E-state index contributed by atoms with van der Waals surface area (Å²) in [6, 6.07) is 2.71. The van der Waals surface area contributed by atoms with Gasteiger partial charge in [0.15, 0.2) is 5.57 Å². The van der Waals surface area contributed by atoms with E-state index in [1.165, 1.54) is 0 Å². The predicted octanol–water partition coefficient (Wildman–Crippen LogP) is 2.69. The molecule has 5 nitrogen and oxygen atoms in total. The van der Waals surface area contributed by atoms with Gasteiger partial charge in [-0.3, -0.25) is 0 Å². The quantitative estimate of drug-likeness (QED) is 0.365. The minimum Gasteiger partial charge on any atom is -0.477 e. The summed E-state index contributed by atoms with van der Waals surface area (Å²) < 4.78 is 31.0. The van der Waals surface area contributed by atoms with Crippen molar-refractivity contribution >= 4 is 17.6 Å². The Labute approximate surface area is 120 Å². The van der Waals surface area contributed by atoms with Crippen molar-refractivity contribution < 1.29 is 28.2 Å². The Hall–Kier alpha value is -2.44. The lowest BCUT2D eigenvalue weighted by Crippen LogP contribution is -2.21. The summed E-state index contributed by atoms with van der Waals surface area (Å²) in [4.78, 5) is 22.7. The third kappa shape index (κ3) is 4.87. The van der Waals surface area contributed by atoms with Gasteiger partial charge < -0.3 is 15.2 Å². The number of carbonyl (C=O) groups excluding carboxylic acids is 1. The molecule has 0 aliphatic carbocycles. The lowest BCUT2D eigenvalue weighted by Gasteiger charge is -2.11. The summed E-state index contributed by atoms with van der Waals surface area (Å²) in [5.41, 5.74) is -0.842. The van der Waals surface area contributed by atoms with Crippen molar-refractivity contribution in [3.63, 3.8) is 0 Å². The van der Waals surface area contributed by atoms with E-state index in [0.717, 1.165) is 18.3 Å². The van der Waals surface area contributed by atoms with Gasteiger partial charge in [0.1, 0.15) is 11.6 Å². The van der Waals surface area contributed by atoms with E-state index in [1.54, 1.807) is 13.8 Å². The van der Waals surface area contributed by atoms with Crippen LogP contribution in [-0.4, -0.2) is 23.1 Å². The average Bonchev–Trinajstić information content (AvgIpc) is 2.40. The molecular formula is C14H15F2NO4. The number of ether oxygens (including phenoxy) is 1. The third-order valence-corrected chi connectivity index (χ3v) is 2.64. The molecule has 0 bridgehead atoms. The number of carboxylic acid groups (broad SMARTS) is 1. The number of hydrogen-bond donors (Lipinski definition) is 2. The first-order chi connectivity index (χ1) is 9.85. The number of anilines is 1. The average molecular weight is 299 g/mol. The molecule has 1 unspecified atom stereocenters. The second kappa shape index (κ2) is 7.37. The van der Waals surface area contributed by atoms with Crippen LogP contribution in [0.5, 0.6) is 0 Å². The van der Waals surface area contributed by atoms with Gasteiger partial charge in [-0.15, -0.1) is 0 Å². The Balaban J connectivity index is 2.90. The van der Waals surface area contributed by atoms with E-state index in [9.17, 15) is 18.4 Å². The Morgan fingerprint density at radius 2 is 2.10 bits per heavy atom. The van der Waals surface area contributed by atoms with Gasteiger partial charge >= 0.3 is 11.9 Å².